The van der Waals surface area contributed by atoms with Crippen LogP contribution < -0.4 is 5.73 Å². The number of anilines is 1. The Bertz CT molecular complexity index is 390. The highest BCUT2D eigenvalue weighted by Gasteiger charge is 1.95. The molecule has 0 spiro atoms. The molecule has 1 aromatic heterocycles. The van der Waals surface area contributed by atoms with E-state index in [1.54, 1.807) is 6.20 Å². The number of pyridine rings is 1. The molecule has 0 saturated carbocycles. The lowest BCUT2D eigenvalue weighted by atomic mass is 10.2. The van der Waals surface area contributed by atoms with Gasteiger partial charge in [-0.05, 0) is 18.2 Å². The van der Waals surface area contributed by atoms with E-state index in [4.69, 9.17) is 17.3 Å². The van der Waals surface area contributed by atoms with Crippen LogP contribution in [0.5, 0.6) is 0 Å². The van der Waals surface area contributed by atoms with Gasteiger partial charge in [0.2, 0.25) is 0 Å². The van der Waals surface area contributed by atoms with Crippen LogP contribution in [-0.4, -0.2) is 4.98 Å². The van der Waals surface area contributed by atoms with Crippen molar-refractivity contribution >= 4 is 53.0 Å². The van der Waals surface area contributed by atoms with E-state index in [1.807, 2.05) is 24.3 Å². The Balaban J connectivity index is 0.000000845. The second-order valence-electron chi connectivity index (χ2n) is 2.61. The molecule has 0 radical (unpaired) electrons. The summed E-state index contributed by atoms with van der Waals surface area (Å²) in [5.74, 6) is 0. The quantitative estimate of drug-likeness (QED) is 0.780. The van der Waals surface area contributed by atoms with E-state index in [0.717, 1.165) is 10.9 Å². The van der Waals surface area contributed by atoms with Crippen molar-refractivity contribution < 1.29 is 0 Å². The topological polar surface area (TPSA) is 38.9 Å². The van der Waals surface area contributed by atoms with Crippen LogP contribution in [0.1, 0.15) is 0 Å². The average molecular weight is 252 g/mol. The second-order valence-corrected chi connectivity index (χ2v) is 3.04. The first-order valence-electron chi connectivity index (χ1n) is 3.56. The van der Waals surface area contributed by atoms with Crippen LogP contribution in [0, 0.1) is 0 Å². The SMILES string of the molecule is Cl.Cl.Nc1cnc2cc(Cl)ccc2c1. The normalized spacial score (nSPS) is 8.93. The molecule has 0 bridgehead atoms. The summed E-state index contributed by atoms with van der Waals surface area (Å²) in [6, 6.07) is 7.42. The summed E-state index contributed by atoms with van der Waals surface area (Å²) in [6.45, 7) is 0. The Morgan fingerprint density at radius 1 is 1.14 bits per heavy atom. The Labute approximate surface area is 99.3 Å². The number of halogens is 3. The van der Waals surface area contributed by atoms with Gasteiger partial charge >= 0.3 is 0 Å². The van der Waals surface area contributed by atoms with Gasteiger partial charge in [0.15, 0.2) is 0 Å². The van der Waals surface area contributed by atoms with Crippen LogP contribution >= 0.6 is 36.4 Å². The fourth-order valence-electron chi connectivity index (χ4n) is 1.11. The third-order valence-electron chi connectivity index (χ3n) is 1.67. The van der Waals surface area contributed by atoms with Crippen LogP contribution in [0.4, 0.5) is 5.69 Å². The zero-order valence-corrected chi connectivity index (χ0v) is 9.49. The van der Waals surface area contributed by atoms with Gasteiger partial charge in [-0.1, -0.05) is 17.7 Å². The van der Waals surface area contributed by atoms with Gasteiger partial charge in [0, 0.05) is 10.4 Å². The molecule has 5 heteroatoms. The first kappa shape index (κ1) is 13.3. The minimum absolute atomic E-state index is 0. The van der Waals surface area contributed by atoms with Gasteiger partial charge in [0.1, 0.15) is 0 Å². The van der Waals surface area contributed by atoms with Crippen LogP contribution in [0.15, 0.2) is 30.5 Å². The van der Waals surface area contributed by atoms with Gasteiger partial charge in [0.25, 0.3) is 0 Å². The maximum atomic E-state index is 5.79. The molecule has 0 aliphatic heterocycles. The molecule has 0 amide bonds. The first-order chi connectivity index (χ1) is 5.75. The van der Waals surface area contributed by atoms with E-state index in [2.05, 4.69) is 4.98 Å². The number of aromatic nitrogens is 1. The Hall–Kier alpha value is -0.700. The lowest BCUT2D eigenvalue weighted by molar-refractivity contribution is 1.41. The van der Waals surface area contributed by atoms with Crippen LogP contribution in [-0.2, 0) is 0 Å². The highest BCUT2D eigenvalue weighted by atomic mass is 35.5. The molecule has 2 rings (SSSR count). The molecule has 0 aliphatic carbocycles. The van der Waals surface area contributed by atoms with Crippen LogP contribution in [0.2, 0.25) is 5.02 Å². The number of nitrogens with two attached hydrogens (primary N) is 1. The van der Waals surface area contributed by atoms with Crippen molar-refractivity contribution in [2.24, 2.45) is 0 Å². The van der Waals surface area contributed by atoms with E-state index < -0.39 is 0 Å². The van der Waals surface area contributed by atoms with Gasteiger partial charge in [-0.2, -0.15) is 0 Å². The predicted molar refractivity (Wildman–Crippen MR) is 65.7 cm³/mol. The smallest absolute Gasteiger partial charge is 0.0718 e. The van der Waals surface area contributed by atoms with Gasteiger partial charge in [-0.25, -0.2) is 0 Å². The third kappa shape index (κ3) is 2.64. The molecular weight excluding hydrogens is 242 g/mol. The summed E-state index contributed by atoms with van der Waals surface area (Å²) < 4.78 is 0. The van der Waals surface area contributed by atoms with Crippen molar-refractivity contribution in [3.05, 3.63) is 35.5 Å². The number of fused-ring (bicyclic) bond motifs is 1. The summed E-state index contributed by atoms with van der Waals surface area (Å²) in [4.78, 5) is 4.13. The van der Waals surface area contributed by atoms with Gasteiger partial charge in [-0.3, -0.25) is 4.98 Å². The average Bonchev–Trinajstić information content (AvgIpc) is 2.05. The summed E-state index contributed by atoms with van der Waals surface area (Å²) in [7, 11) is 0. The first-order valence-corrected chi connectivity index (χ1v) is 3.94. The Morgan fingerprint density at radius 2 is 1.86 bits per heavy atom. The van der Waals surface area contributed by atoms with Crippen LogP contribution in [0.25, 0.3) is 10.9 Å². The monoisotopic (exact) mass is 250 g/mol. The maximum absolute atomic E-state index is 5.79. The highest BCUT2D eigenvalue weighted by Crippen LogP contribution is 2.18. The van der Waals surface area contributed by atoms with E-state index in [1.165, 1.54) is 0 Å². The van der Waals surface area contributed by atoms with E-state index >= 15 is 0 Å². The fourth-order valence-corrected chi connectivity index (χ4v) is 1.28. The van der Waals surface area contributed by atoms with Gasteiger partial charge < -0.3 is 5.73 Å². The van der Waals surface area contributed by atoms with E-state index in [9.17, 15) is 0 Å². The molecule has 2 N–H and O–H groups in total. The highest BCUT2D eigenvalue weighted by molar-refractivity contribution is 6.31. The minimum Gasteiger partial charge on any atom is -0.397 e. The largest absolute Gasteiger partial charge is 0.397 e. The number of hydrogen-bond donors (Lipinski definition) is 1. The molecule has 76 valence electrons. The standard InChI is InChI=1S/C9H7ClN2.2ClH/c10-7-2-1-6-3-8(11)5-12-9(6)4-7;;/h1-5H,11H2;2*1H. The number of nitrogen functional groups attached to an aromatic ring is 1. The summed E-state index contributed by atoms with van der Waals surface area (Å²) in [5.41, 5.74) is 7.11. The molecular formula is C9H9Cl3N2. The fraction of sp³-hybridized carbons (Fsp3) is 0. The van der Waals surface area contributed by atoms with Crippen molar-refractivity contribution in [2.45, 2.75) is 0 Å². The van der Waals surface area contributed by atoms with Crippen LogP contribution in [0.3, 0.4) is 0 Å². The molecule has 1 heterocycles. The zero-order valence-electron chi connectivity index (χ0n) is 7.11. The molecule has 0 aliphatic rings. The molecule has 2 aromatic rings. The number of benzene rings is 1. The molecule has 0 atom stereocenters. The van der Waals surface area contributed by atoms with E-state index in [-0.39, 0.29) is 24.8 Å². The molecule has 1 aromatic carbocycles. The number of rotatable bonds is 0. The maximum Gasteiger partial charge on any atom is 0.0718 e. The molecule has 2 nitrogen and oxygen atoms in total. The summed E-state index contributed by atoms with van der Waals surface area (Å²) in [5, 5.41) is 1.71. The molecule has 0 unspecified atom stereocenters. The lowest BCUT2D eigenvalue weighted by Crippen LogP contribution is -1.86. The summed E-state index contributed by atoms with van der Waals surface area (Å²) >= 11 is 5.79. The Kier molecular flexibility index (Phi) is 4.99. The van der Waals surface area contributed by atoms with Crippen molar-refractivity contribution in [1.29, 1.82) is 0 Å². The van der Waals surface area contributed by atoms with Crippen molar-refractivity contribution in [3.8, 4) is 0 Å². The number of hydrogen-bond acceptors (Lipinski definition) is 2. The zero-order chi connectivity index (χ0) is 8.55. The van der Waals surface area contributed by atoms with E-state index in [0.29, 0.717) is 10.7 Å². The predicted octanol–water partition coefficient (Wildman–Crippen LogP) is 3.31. The molecule has 0 saturated heterocycles. The second kappa shape index (κ2) is 5.25. The van der Waals surface area contributed by atoms with Crippen molar-refractivity contribution in [3.63, 3.8) is 0 Å². The van der Waals surface area contributed by atoms with Gasteiger partial charge in [-0.15, -0.1) is 24.8 Å². The van der Waals surface area contributed by atoms with Crippen molar-refractivity contribution in [2.75, 3.05) is 5.73 Å². The Morgan fingerprint density at radius 3 is 2.57 bits per heavy atom. The number of nitrogens with zero attached hydrogens (tertiary/aromatic N) is 1. The molecule has 0 fully saturated rings. The van der Waals surface area contributed by atoms with Crippen molar-refractivity contribution in [1.82, 2.24) is 4.98 Å². The molecule has 14 heavy (non-hydrogen) atoms. The summed E-state index contributed by atoms with van der Waals surface area (Å²) in [6.07, 6.45) is 1.62. The lowest BCUT2D eigenvalue weighted by Gasteiger charge is -1.98. The minimum atomic E-state index is 0. The van der Waals surface area contributed by atoms with Gasteiger partial charge in [0.05, 0.1) is 17.4 Å². The third-order valence-corrected chi connectivity index (χ3v) is 1.90.